The average molecular weight is 393 g/mol. The van der Waals surface area contributed by atoms with Gasteiger partial charge in [0.25, 0.3) is 5.56 Å². The van der Waals surface area contributed by atoms with Crippen molar-refractivity contribution in [2.24, 2.45) is 9.98 Å². The van der Waals surface area contributed by atoms with Gasteiger partial charge in [-0.25, -0.2) is 9.56 Å². The van der Waals surface area contributed by atoms with Crippen molar-refractivity contribution >= 4 is 33.9 Å². The maximum absolute atomic E-state index is 13.1. The highest BCUT2D eigenvalue weighted by atomic mass is 32.2. The number of thioether (sulfide) groups is 1. The third kappa shape index (κ3) is 3.41. The lowest BCUT2D eigenvalue weighted by molar-refractivity contribution is 0.340. The van der Waals surface area contributed by atoms with Crippen molar-refractivity contribution < 1.29 is 9.84 Å². The minimum Gasteiger partial charge on any atom is -0.494 e. The Labute approximate surface area is 166 Å². The van der Waals surface area contributed by atoms with Crippen LogP contribution in [0, 0.1) is 0 Å². The molecule has 2 aromatic carbocycles. The minimum atomic E-state index is -0.290. The quantitative estimate of drug-likeness (QED) is 0.687. The first-order valence-electron chi connectivity index (χ1n) is 9.00. The normalized spacial score (nSPS) is 14.0. The fourth-order valence-electron chi connectivity index (χ4n) is 3.11. The second-order valence-corrected chi connectivity index (χ2v) is 7.18. The molecule has 0 saturated carbocycles. The lowest BCUT2D eigenvalue weighted by Crippen LogP contribution is -2.20. The van der Waals surface area contributed by atoms with E-state index < -0.39 is 0 Å². The maximum Gasteiger partial charge on any atom is 0.265 e. The Balaban J connectivity index is 1.90. The number of aromatic nitrogens is 1. The molecule has 1 aliphatic rings. The smallest absolute Gasteiger partial charge is 0.265 e. The average Bonchev–Trinajstić information content (AvgIpc) is 3.23. The van der Waals surface area contributed by atoms with E-state index in [1.165, 1.54) is 4.57 Å². The third-order valence-electron chi connectivity index (χ3n) is 4.38. The van der Waals surface area contributed by atoms with Crippen LogP contribution in [0.25, 0.3) is 16.5 Å². The number of amidine groups is 1. The van der Waals surface area contributed by atoms with Crippen LogP contribution in [0.2, 0.25) is 0 Å². The van der Waals surface area contributed by atoms with Crippen molar-refractivity contribution in [3.63, 3.8) is 0 Å². The lowest BCUT2D eigenvalue weighted by atomic mass is 10.1. The Morgan fingerprint density at radius 3 is 2.64 bits per heavy atom. The van der Waals surface area contributed by atoms with Crippen LogP contribution >= 0.6 is 11.8 Å². The largest absolute Gasteiger partial charge is 0.494 e. The van der Waals surface area contributed by atoms with Gasteiger partial charge in [0.1, 0.15) is 5.75 Å². The number of pyridine rings is 1. The highest BCUT2D eigenvalue weighted by Gasteiger charge is 2.16. The number of rotatable bonds is 4. The molecule has 6 nitrogen and oxygen atoms in total. The van der Waals surface area contributed by atoms with Gasteiger partial charge in [-0.3, -0.25) is 9.79 Å². The first-order valence-corrected chi connectivity index (χ1v) is 9.99. The maximum atomic E-state index is 13.1. The number of ether oxygens (including phenoxy) is 1. The van der Waals surface area contributed by atoms with Crippen molar-refractivity contribution in [1.82, 2.24) is 4.57 Å². The predicted octanol–water partition coefficient (Wildman–Crippen LogP) is 3.62. The van der Waals surface area contributed by atoms with Crippen molar-refractivity contribution in [1.29, 1.82) is 0 Å². The minimum absolute atomic E-state index is 0.153. The summed E-state index contributed by atoms with van der Waals surface area (Å²) in [5, 5.41) is 12.8. The van der Waals surface area contributed by atoms with Gasteiger partial charge in [-0.15, -0.1) is 0 Å². The number of fused-ring (bicyclic) bond motifs is 1. The molecule has 1 N–H and O–H groups in total. The molecule has 0 radical (unpaired) electrons. The summed E-state index contributed by atoms with van der Waals surface area (Å²) in [4.78, 5) is 21.8. The molecule has 0 unspecified atom stereocenters. The van der Waals surface area contributed by atoms with Crippen molar-refractivity contribution in [3.05, 3.63) is 64.4 Å². The van der Waals surface area contributed by atoms with Crippen LogP contribution < -0.4 is 10.3 Å². The number of aromatic hydroxyl groups is 1. The highest BCUT2D eigenvalue weighted by molar-refractivity contribution is 8.14. The molecule has 0 spiro atoms. The molecular weight excluding hydrogens is 374 g/mol. The molecule has 0 amide bonds. The van der Waals surface area contributed by atoms with Crippen LogP contribution in [0.15, 0.2) is 63.3 Å². The van der Waals surface area contributed by atoms with Gasteiger partial charge in [0.05, 0.1) is 24.4 Å². The number of hydrogen-bond acceptors (Lipinski definition) is 6. The van der Waals surface area contributed by atoms with Gasteiger partial charge in [0.15, 0.2) is 5.17 Å². The van der Waals surface area contributed by atoms with E-state index in [1.54, 1.807) is 54.4 Å². The van der Waals surface area contributed by atoms with Crippen LogP contribution in [0.4, 0.5) is 0 Å². The Morgan fingerprint density at radius 2 is 1.96 bits per heavy atom. The van der Waals surface area contributed by atoms with E-state index in [1.807, 2.05) is 19.1 Å². The number of nitrogens with zero attached hydrogens (tertiary/aromatic N) is 3. The molecule has 28 heavy (non-hydrogen) atoms. The predicted molar refractivity (Wildman–Crippen MR) is 115 cm³/mol. The molecule has 4 rings (SSSR count). The zero-order valence-electron chi connectivity index (χ0n) is 15.3. The van der Waals surface area contributed by atoms with Crippen LogP contribution in [-0.2, 0) is 0 Å². The Morgan fingerprint density at radius 1 is 1.21 bits per heavy atom. The van der Waals surface area contributed by atoms with Crippen LogP contribution in [-0.4, -0.2) is 40.0 Å². The summed E-state index contributed by atoms with van der Waals surface area (Å²) in [6.07, 6.45) is 1.58. The topological polar surface area (TPSA) is 76.2 Å². The molecule has 0 saturated heterocycles. The summed E-state index contributed by atoms with van der Waals surface area (Å²) in [7, 11) is 0. The first-order chi connectivity index (χ1) is 13.7. The van der Waals surface area contributed by atoms with Crippen LogP contribution in [0.1, 0.15) is 12.5 Å². The summed E-state index contributed by atoms with van der Waals surface area (Å²) >= 11 is 1.57. The molecule has 2 heterocycles. The van der Waals surface area contributed by atoms with Crippen LogP contribution in [0.3, 0.4) is 0 Å². The van der Waals surface area contributed by atoms with E-state index in [9.17, 15) is 9.90 Å². The second kappa shape index (κ2) is 7.90. The summed E-state index contributed by atoms with van der Waals surface area (Å²) in [6.45, 7) is 3.21. The SMILES string of the molecule is CCOc1ccc(-n2c(O)c(/C=N/C3=NCCS3)c3ccccc3c2=O)cc1. The number of benzene rings is 2. The van der Waals surface area contributed by atoms with Gasteiger partial charge in [0.2, 0.25) is 5.88 Å². The van der Waals surface area contributed by atoms with E-state index in [0.717, 1.165) is 12.3 Å². The molecule has 1 aliphatic heterocycles. The standard InChI is InChI=1S/C21H19N3O3S/c1-2-27-15-9-7-14(8-10-15)24-19(25)17-6-4-3-5-16(17)18(20(24)26)13-23-21-22-11-12-28-21/h3-10,13,26H,2,11-12H2,1H3/b23-13+. The fraction of sp³-hybridized carbons (Fsp3) is 0.190. The number of aliphatic imine (C=N–C) groups is 2. The van der Waals surface area contributed by atoms with Crippen molar-refractivity contribution in [2.45, 2.75) is 6.92 Å². The van der Waals surface area contributed by atoms with E-state index >= 15 is 0 Å². The zero-order chi connectivity index (χ0) is 19.5. The van der Waals surface area contributed by atoms with Gasteiger partial charge in [0, 0.05) is 22.7 Å². The summed E-state index contributed by atoms with van der Waals surface area (Å²) < 4.78 is 6.75. The zero-order valence-corrected chi connectivity index (χ0v) is 16.1. The monoisotopic (exact) mass is 393 g/mol. The van der Waals surface area contributed by atoms with E-state index in [-0.39, 0.29) is 11.4 Å². The highest BCUT2D eigenvalue weighted by Crippen LogP contribution is 2.27. The third-order valence-corrected chi connectivity index (χ3v) is 5.26. The van der Waals surface area contributed by atoms with Gasteiger partial charge in [-0.1, -0.05) is 30.0 Å². The fourth-order valence-corrected chi connectivity index (χ4v) is 3.78. The Bertz CT molecular complexity index is 1130. The Hall–Kier alpha value is -3.06. The van der Waals surface area contributed by atoms with Crippen LogP contribution in [0.5, 0.6) is 11.6 Å². The van der Waals surface area contributed by atoms with Gasteiger partial charge in [-0.2, -0.15) is 0 Å². The van der Waals surface area contributed by atoms with Crippen molar-refractivity contribution in [3.8, 4) is 17.3 Å². The summed E-state index contributed by atoms with van der Waals surface area (Å²) in [5.74, 6) is 1.46. The van der Waals surface area contributed by atoms with E-state index in [4.69, 9.17) is 4.74 Å². The molecule has 1 aromatic heterocycles. The molecule has 3 aromatic rings. The summed E-state index contributed by atoms with van der Waals surface area (Å²) in [5.41, 5.74) is 0.750. The first kappa shape index (κ1) is 18.3. The Kier molecular flexibility index (Phi) is 5.16. The second-order valence-electron chi connectivity index (χ2n) is 6.12. The number of hydrogen-bond donors (Lipinski definition) is 1. The molecule has 0 aliphatic carbocycles. The molecule has 0 fully saturated rings. The van der Waals surface area contributed by atoms with Gasteiger partial charge in [-0.05, 0) is 37.3 Å². The van der Waals surface area contributed by atoms with Gasteiger partial charge >= 0.3 is 0 Å². The summed E-state index contributed by atoms with van der Waals surface area (Å²) in [6, 6.07) is 14.3. The lowest BCUT2D eigenvalue weighted by Gasteiger charge is -2.14. The van der Waals surface area contributed by atoms with Crippen molar-refractivity contribution in [2.75, 3.05) is 18.9 Å². The molecule has 0 bridgehead atoms. The van der Waals surface area contributed by atoms with Gasteiger partial charge < -0.3 is 9.84 Å². The van der Waals surface area contributed by atoms with E-state index in [0.29, 0.717) is 39.5 Å². The molecule has 7 heteroatoms. The molecule has 0 atom stereocenters. The molecular formula is C21H19N3O3S. The molecule has 142 valence electrons. The van der Waals surface area contributed by atoms with E-state index in [2.05, 4.69) is 9.98 Å².